The van der Waals surface area contributed by atoms with Gasteiger partial charge in [-0.2, -0.15) is 5.26 Å². The zero-order valence-electron chi connectivity index (χ0n) is 20.0. The zero-order valence-corrected chi connectivity index (χ0v) is 20.0. The van der Waals surface area contributed by atoms with Crippen LogP contribution in [-0.2, 0) is 0 Å². The normalized spacial score (nSPS) is 30.8. The number of allylic oxidation sites excluding steroid dienone is 2. The first kappa shape index (κ1) is 24.5. The molecule has 0 saturated heterocycles. The topological polar surface area (TPSA) is 23.8 Å². The highest BCUT2D eigenvalue weighted by atomic mass is 14.4. The molecule has 1 heteroatoms. The Morgan fingerprint density at radius 2 is 1.48 bits per heavy atom. The second kappa shape index (κ2) is 13.5. The van der Waals surface area contributed by atoms with Crippen molar-refractivity contribution in [2.75, 3.05) is 0 Å². The lowest BCUT2D eigenvalue weighted by Gasteiger charge is -2.36. The monoisotopic (exact) mass is 399 g/mol. The van der Waals surface area contributed by atoms with Gasteiger partial charge in [0.05, 0.1) is 11.5 Å². The lowest BCUT2D eigenvalue weighted by molar-refractivity contribution is 0.206. The average molecular weight is 400 g/mol. The van der Waals surface area contributed by atoms with Crippen LogP contribution in [0.5, 0.6) is 0 Å². The number of unbranched alkanes of at least 4 members (excludes halogenated alkanes) is 6. The zero-order chi connectivity index (χ0) is 21.0. The van der Waals surface area contributed by atoms with Crippen LogP contribution in [0.15, 0.2) is 11.6 Å². The van der Waals surface area contributed by atoms with E-state index in [1.165, 1.54) is 96.3 Å². The van der Waals surface area contributed by atoms with Crippen molar-refractivity contribution in [3.63, 3.8) is 0 Å². The highest BCUT2D eigenvalue weighted by molar-refractivity contribution is 5.11. The van der Waals surface area contributed by atoms with Gasteiger partial charge >= 0.3 is 0 Å². The summed E-state index contributed by atoms with van der Waals surface area (Å²) < 4.78 is 0. The Morgan fingerprint density at radius 3 is 2.10 bits per heavy atom. The summed E-state index contributed by atoms with van der Waals surface area (Å²) in [5.74, 6) is 2.59. The van der Waals surface area contributed by atoms with E-state index in [1.807, 2.05) is 0 Å². The van der Waals surface area contributed by atoms with Gasteiger partial charge in [-0.15, -0.1) is 0 Å². The molecule has 0 radical (unpaired) electrons. The third-order valence-electron chi connectivity index (χ3n) is 8.19. The van der Waals surface area contributed by atoms with Crippen LogP contribution in [0.25, 0.3) is 0 Å². The van der Waals surface area contributed by atoms with Gasteiger partial charge in [0.15, 0.2) is 0 Å². The van der Waals surface area contributed by atoms with E-state index in [1.54, 1.807) is 5.57 Å². The quantitative estimate of drug-likeness (QED) is 0.237. The first-order chi connectivity index (χ1) is 14.1. The smallest absolute Gasteiger partial charge is 0.0689 e. The summed E-state index contributed by atoms with van der Waals surface area (Å²) in [6.07, 6.45) is 26.6. The molecule has 2 aliphatic carbocycles. The van der Waals surface area contributed by atoms with Crippen molar-refractivity contribution >= 4 is 0 Å². The summed E-state index contributed by atoms with van der Waals surface area (Å²) in [6.45, 7) is 6.97. The SMILES string of the molecule is CCCCCCCC1(C#N)CCC(C(C)=CC2CCC(CCCCC)CC2)CC1. The fourth-order valence-electron chi connectivity index (χ4n) is 5.94. The minimum absolute atomic E-state index is 0.000453. The van der Waals surface area contributed by atoms with Crippen molar-refractivity contribution in [3.8, 4) is 6.07 Å². The van der Waals surface area contributed by atoms with Gasteiger partial charge in [0.25, 0.3) is 0 Å². The summed E-state index contributed by atoms with van der Waals surface area (Å²) >= 11 is 0. The van der Waals surface area contributed by atoms with Crippen molar-refractivity contribution in [1.29, 1.82) is 5.26 Å². The first-order valence-corrected chi connectivity index (χ1v) is 13.2. The van der Waals surface area contributed by atoms with Crippen LogP contribution >= 0.6 is 0 Å². The molecule has 0 spiro atoms. The second-order valence-corrected chi connectivity index (χ2v) is 10.5. The van der Waals surface area contributed by atoms with Crippen LogP contribution in [0.2, 0.25) is 0 Å². The highest BCUT2D eigenvalue weighted by Gasteiger charge is 2.35. The predicted molar refractivity (Wildman–Crippen MR) is 127 cm³/mol. The van der Waals surface area contributed by atoms with E-state index in [4.69, 9.17) is 0 Å². The summed E-state index contributed by atoms with van der Waals surface area (Å²) in [5.41, 5.74) is 1.65. The van der Waals surface area contributed by atoms with E-state index in [2.05, 4.69) is 32.9 Å². The fraction of sp³-hybridized carbons (Fsp3) is 0.893. The summed E-state index contributed by atoms with van der Waals surface area (Å²) in [5, 5.41) is 9.87. The highest BCUT2D eigenvalue weighted by Crippen LogP contribution is 2.45. The van der Waals surface area contributed by atoms with Crippen molar-refractivity contribution in [2.45, 2.75) is 136 Å². The molecule has 2 aliphatic rings. The van der Waals surface area contributed by atoms with Crippen LogP contribution in [0.3, 0.4) is 0 Å². The minimum Gasteiger partial charge on any atom is -0.198 e. The Labute approximate surface area is 182 Å². The van der Waals surface area contributed by atoms with Crippen LogP contribution in [0, 0.1) is 34.5 Å². The fourth-order valence-corrected chi connectivity index (χ4v) is 5.94. The van der Waals surface area contributed by atoms with Crippen LogP contribution < -0.4 is 0 Å². The van der Waals surface area contributed by atoms with Gasteiger partial charge in [-0.25, -0.2) is 0 Å². The molecule has 0 aromatic carbocycles. The maximum Gasteiger partial charge on any atom is 0.0689 e. The third kappa shape index (κ3) is 8.47. The maximum absolute atomic E-state index is 9.87. The van der Waals surface area contributed by atoms with E-state index < -0.39 is 0 Å². The Balaban J connectivity index is 1.72. The number of nitriles is 1. The molecule has 2 saturated carbocycles. The maximum atomic E-state index is 9.87. The molecule has 0 heterocycles. The molecule has 29 heavy (non-hydrogen) atoms. The molecule has 0 unspecified atom stereocenters. The Kier molecular flexibility index (Phi) is 11.4. The molecular formula is C28H49N. The molecule has 0 bridgehead atoms. The van der Waals surface area contributed by atoms with Crippen molar-refractivity contribution in [2.24, 2.45) is 23.2 Å². The average Bonchev–Trinajstić information content (AvgIpc) is 2.75. The minimum atomic E-state index is -0.000453. The Hall–Kier alpha value is -0.770. The molecular weight excluding hydrogens is 350 g/mol. The van der Waals surface area contributed by atoms with Gasteiger partial charge in [0, 0.05) is 0 Å². The van der Waals surface area contributed by atoms with Gasteiger partial charge in [0.2, 0.25) is 0 Å². The van der Waals surface area contributed by atoms with Crippen molar-refractivity contribution in [3.05, 3.63) is 11.6 Å². The largest absolute Gasteiger partial charge is 0.198 e. The van der Waals surface area contributed by atoms with E-state index in [0.717, 1.165) is 37.0 Å². The lowest BCUT2D eigenvalue weighted by Crippen LogP contribution is -2.27. The summed E-state index contributed by atoms with van der Waals surface area (Å²) in [7, 11) is 0. The molecule has 0 N–H and O–H groups in total. The molecule has 166 valence electrons. The number of hydrogen-bond acceptors (Lipinski definition) is 1. The van der Waals surface area contributed by atoms with E-state index in [9.17, 15) is 5.26 Å². The van der Waals surface area contributed by atoms with Crippen molar-refractivity contribution < 1.29 is 0 Å². The molecule has 1 nitrogen and oxygen atoms in total. The van der Waals surface area contributed by atoms with Gasteiger partial charge < -0.3 is 0 Å². The molecule has 0 aliphatic heterocycles. The number of nitrogens with zero attached hydrogens (tertiary/aromatic N) is 1. The first-order valence-electron chi connectivity index (χ1n) is 13.2. The van der Waals surface area contributed by atoms with Gasteiger partial charge in [-0.05, 0) is 82.5 Å². The van der Waals surface area contributed by atoms with Crippen molar-refractivity contribution in [1.82, 2.24) is 0 Å². The van der Waals surface area contributed by atoms with Crippen LogP contribution in [0.1, 0.15) is 136 Å². The van der Waals surface area contributed by atoms with E-state index >= 15 is 0 Å². The van der Waals surface area contributed by atoms with Gasteiger partial charge in [0.1, 0.15) is 0 Å². The molecule has 0 aromatic heterocycles. The molecule has 0 atom stereocenters. The molecule has 0 aromatic rings. The third-order valence-corrected chi connectivity index (χ3v) is 8.19. The standard InChI is InChI=1S/C28H49N/c1-4-6-8-9-11-19-28(23-29)20-17-27(18-21-28)24(3)22-26-15-13-25(14-16-26)12-10-7-5-2/h22,25-27H,4-21H2,1-3H3. The number of hydrogen-bond donors (Lipinski definition) is 0. The summed E-state index contributed by atoms with van der Waals surface area (Å²) in [4.78, 5) is 0. The molecule has 2 fully saturated rings. The molecule has 0 amide bonds. The summed E-state index contributed by atoms with van der Waals surface area (Å²) in [6, 6.07) is 2.76. The van der Waals surface area contributed by atoms with Gasteiger partial charge in [-0.3, -0.25) is 0 Å². The van der Waals surface area contributed by atoms with E-state index in [0.29, 0.717) is 0 Å². The second-order valence-electron chi connectivity index (χ2n) is 10.5. The van der Waals surface area contributed by atoms with Crippen LogP contribution in [0.4, 0.5) is 0 Å². The van der Waals surface area contributed by atoms with E-state index in [-0.39, 0.29) is 5.41 Å². The van der Waals surface area contributed by atoms with Gasteiger partial charge in [-0.1, -0.05) is 83.3 Å². The Morgan fingerprint density at radius 1 is 0.862 bits per heavy atom. The van der Waals surface area contributed by atoms with Crippen LogP contribution in [-0.4, -0.2) is 0 Å². The predicted octanol–water partition coefficient (Wildman–Crippen LogP) is 9.38. The Bertz CT molecular complexity index is 495. The number of rotatable bonds is 12. The molecule has 2 rings (SSSR count). The lowest BCUT2D eigenvalue weighted by atomic mass is 9.67.